The van der Waals surface area contributed by atoms with Gasteiger partial charge in [0.1, 0.15) is 0 Å². The van der Waals surface area contributed by atoms with Gasteiger partial charge in [-0.1, -0.05) is 6.07 Å². The van der Waals surface area contributed by atoms with Gasteiger partial charge < -0.3 is 9.64 Å². The summed E-state index contributed by atoms with van der Waals surface area (Å²) >= 11 is 1.61. The molecule has 3 heterocycles. The molecule has 1 unspecified atom stereocenters. The molecule has 1 atom stereocenters. The Labute approximate surface area is 171 Å². The van der Waals surface area contributed by atoms with Gasteiger partial charge in [0.15, 0.2) is 5.69 Å². The molecule has 150 valence electrons. The van der Waals surface area contributed by atoms with Gasteiger partial charge in [-0.15, -0.1) is 11.3 Å². The summed E-state index contributed by atoms with van der Waals surface area (Å²) in [6.45, 7) is 1.78. The Balaban J connectivity index is 1.53. The van der Waals surface area contributed by atoms with Crippen molar-refractivity contribution >= 4 is 22.9 Å². The van der Waals surface area contributed by atoms with Crippen molar-refractivity contribution in [2.24, 2.45) is 0 Å². The number of ether oxygens (including phenoxy) is 1. The first-order valence-corrected chi connectivity index (χ1v) is 10.2. The molecule has 4 rings (SSSR count). The van der Waals surface area contributed by atoms with Crippen LogP contribution >= 0.6 is 11.3 Å². The fourth-order valence-corrected chi connectivity index (χ4v) is 4.03. The second-order valence-electron chi connectivity index (χ2n) is 6.82. The zero-order chi connectivity index (χ0) is 20.2. The van der Waals surface area contributed by atoms with Crippen molar-refractivity contribution in [2.75, 3.05) is 13.2 Å². The molecule has 1 saturated heterocycles. The van der Waals surface area contributed by atoms with E-state index in [4.69, 9.17) is 4.74 Å². The van der Waals surface area contributed by atoms with E-state index in [1.54, 1.807) is 45.3 Å². The Bertz CT molecular complexity index is 978. The van der Waals surface area contributed by atoms with Crippen LogP contribution in [0.25, 0.3) is 5.69 Å². The lowest BCUT2D eigenvalue weighted by atomic mass is 10.2. The van der Waals surface area contributed by atoms with Crippen LogP contribution in [0.4, 0.5) is 5.69 Å². The van der Waals surface area contributed by atoms with Crippen LogP contribution in [0.15, 0.2) is 54.0 Å². The molecule has 0 radical (unpaired) electrons. The van der Waals surface area contributed by atoms with Gasteiger partial charge in [-0.2, -0.15) is 5.10 Å². The van der Waals surface area contributed by atoms with E-state index in [9.17, 15) is 14.9 Å². The van der Waals surface area contributed by atoms with E-state index < -0.39 is 4.92 Å². The third-order valence-corrected chi connectivity index (χ3v) is 5.66. The Morgan fingerprint density at radius 3 is 2.79 bits per heavy atom. The molecule has 0 N–H and O–H groups in total. The number of non-ortho nitro benzene ring substituents is 1. The predicted molar refractivity (Wildman–Crippen MR) is 108 cm³/mol. The summed E-state index contributed by atoms with van der Waals surface area (Å²) in [6, 6.07) is 11.7. The van der Waals surface area contributed by atoms with E-state index in [0.29, 0.717) is 24.5 Å². The number of carbonyl (C=O) groups is 1. The summed E-state index contributed by atoms with van der Waals surface area (Å²) in [7, 11) is 0. The Morgan fingerprint density at radius 1 is 1.31 bits per heavy atom. The molecule has 1 amide bonds. The molecule has 2 aromatic heterocycles. The molecule has 1 aromatic carbocycles. The number of nitro benzene ring substituents is 1. The number of thiophene rings is 1. The summed E-state index contributed by atoms with van der Waals surface area (Å²) in [5.41, 5.74) is 0.993. The van der Waals surface area contributed by atoms with Crippen LogP contribution in [-0.2, 0) is 11.3 Å². The van der Waals surface area contributed by atoms with Gasteiger partial charge in [0.25, 0.3) is 11.6 Å². The maximum absolute atomic E-state index is 13.2. The van der Waals surface area contributed by atoms with Crippen LogP contribution in [0.2, 0.25) is 0 Å². The Kier molecular flexibility index (Phi) is 5.68. The lowest BCUT2D eigenvalue weighted by molar-refractivity contribution is -0.384. The molecular formula is C20H20N4O4S. The summed E-state index contributed by atoms with van der Waals surface area (Å²) in [4.78, 5) is 26.4. The van der Waals surface area contributed by atoms with Crippen LogP contribution in [0.3, 0.4) is 0 Å². The van der Waals surface area contributed by atoms with Crippen molar-refractivity contribution in [3.63, 3.8) is 0 Å². The van der Waals surface area contributed by atoms with Crippen LogP contribution in [0, 0.1) is 10.1 Å². The largest absolute Gasteiger partial charge is 0.376 e. The third kappa shape index (κ3) is 4.52. The van der Waals surface area contributed by atoms with Crippen LogP contribution < -0.4 is 0 Å². The molecule has 1 fully saturated rings. The van der Waals surface area contributed by atoms with Gasteiger partial charge in [-0.25, -0.2) is 4.68 Å². The fraction of sp³-hybridized carbons (Fsp3) is 0.300. The lowest BCUT2D eigenvalue weighted by Crippen LogP contribution is -2.37. The first-order chi connectivity index (χ1) is 14.1. The number of carbonyl (C=O) groups excluding carboxylic acids is 1. The van der Waals surface area contributed by atoms with E-state index in [2.05, 4.69) is 5.10 Å². The average molecular weight is 412 g/mol. The van der Waals surface area contributed by atoms with Crippen LogP contribution in [0.1, 0.15) is 28.2 Å². The van der Waals surface area contributed by atoms with Gasteiger partial charge in [-0.3, -0.25) is 14.9 Å². The first-order valence-electron chi connectivity index (χ1n) is 9.34. The van der Waals surface area contributed by atoms with Crippen molar-refractivity contribution < 1.29 is 14.5 Å². The second-order valence-corrected chi connectivity index (χ2v) is 7.85. The highest BCUT2D eigenvalue weighted by Gasteiger charge is 2.25. The van der Waals surface area contributed by atoms with E-state index in [-0.39, 0.29) is 17.7 Å². The molecule has 9 heteroatoms. The smallest absolute Gasteiger partial charge is 0.274 e. The number of rotatable bonds is 7. The van der Waals surface area contributed by atoms with Crippen LogP contribution in [0.5, 0.6) is 0 Å². The number of hydrogen-bond acceptors (Lipinski definition) is 6. The molecule has 1 aliphatic heterocycles. The molecule has 1 aliphatic rings. The summed E-state index contributed by atoms with van der Waals surface area (Å²) in [5.74, 6) is -0.158. The fourth-order valence-electron chi connectivity index (χ4n) is 3.31. The summed E-state index contributed by atoms with van der Waals surface area (Å²) < 4.78 is 7.27. The number of amides is 1. The minimum absolute atomic E-state index is 0.0101. The lowest BCUT2D eigenvalue weighted by Gasteiger charge is -2.24. The highest BCUT2D eigenvalue weighted by atomic mass is 32.1. The SMILES string of the molecule is O=C(c1ccn(-c2ccc([N+](=O)[O-])cc2)n1)N(Cc1cccs1)CC1CCCO1. The van der Waals surface area contributed by atoms with Crippen molar-refractivity contribution in [1.82, 2.24) is 14.7 Å². The molecule has 3 aromatic rings. The Hall–Kier alpha value is -3.04. The number of hydrogen-bond donors (Lipinski definition) is 0. The maximum atomic E-state index is 13.2. The topological polar surface area (TPSA) is 90.5 Å². The van der Waals surface area contributed by atoms with Crippen molar-refractivity contribution in [1.29, 1.82) is 0 Å². The van der Waals surface area contributed by atoms with E-state index >= 15 is 0 Å². The molecule has 0 saturated carbocycles. The summed E-state index contributed by atoms with van der Waals surface area (Å²) in [6.07, 6.45) is 3.70. The molecule has 0 spiro atoms. The zero-order valence-corrected chi connectivity index (χ0v) is 16.5. The second kappa shape index (κ2) is 8.54. The van der Waals surface area contributed by atoms with Gasteiger partial charge in [0, 0.05) is 36.4 Å². The van der Waals surface area contributed by atoms with Crippen molar-refractivity contribution in [3.8, 4) is 5.69 Å². The minimum atomic E-state index is -0.449. The third-order valence-electron chi connectivity index (χ3n) is 4.80. The maximum Gasteiger partial charge on any atom is 0.274 e. The number of aromatic nitrogens is 2. The van der Waals surface area contributed by atoms with Gasteiger partial charge in [-0.05, 0) is 42.5 Å². The number of nitro groups is 1. The zero-order valence-electron chi connectivity index (χ0n) is 15.6. The molecule has 0 aliphatic carbocycles. The van der Waals surface area contributed by atoms with Crippen molar-refractivity contribution in [3.05, 3.63) is 74.7 Å². The monoisotopic (exact) mass is 412 g/mol. The highest BCUT2D eigenvalue weighted by molar-refractivity contribution is 7.09. The number of benzene rings is 1. The minimum Gasteiger partial charge on any atom is -0.376 e. The van der Waals surface area contributed by atoms with E-state index in [1.807, 2.05) is 17.5 Å². The molecule has 0 bridgehead atoms. The number of nitrogens with zero attached hydrogens (tertiary/aromatic N) is 4. The molecule has 29 heavy (non-hydrogen) atoms. The standard InChI is InChI=1S/C20H20N4O4S/c25-20(22(13-17-3-1-11-28-17)14-18-4-2-12-29-18)19-9-10-23(21-19)15-5-7-16(8-6-15)24(26)27/h2,4-10,12,17H,1,3,11,13-14H2. The van der Waals surface area contributed by atoms with Gasteiger partial charge >= 0.3 is 0 Å². The average Bonchev–Trinajstić information content (AvgIpc) is 3.49. The first kappa shape index (κ1) is 19.3. The highest BCUT2D eigenvalue weighted by Crippen LogP contribution is 2.20. The quantitative estimate of drug-likeness (QED) is 0.436. The normalized spacial score (nSPS) is 16.1. The van der Waals surface area contributed by atoms with Gasteiger partial charge in [0.2, 0.25) is 0 Å². The van der Waals surface area contributed by atoms with Crippen LogP contribution in [-0.4, -0.2) is 44.8 Å². The van der Waals surface area contributed by atoms with Crippen molar-refractivity contribution in [2.45, 2.75) is 25.5 Å². The van der Waals surface area contributed by atoms with Gasteiger partial charge in [0.05, 0.1) is 23.3 Å². The Morgan fingerprint density at radius 2 is 2.14 bits per heavy atom. The summed E-state index contributed by atoms with van der Waals surface area (Å²) in [5, 5.41) is 17.2. The van der Waals surface area contributed by atoms with E-state index in [0.717, 1.165) is 24.3 Å². The molecule has 8 nitrogen and oxygen atoms in total. The molecular weight excluding hydrogens is 392 g/mol. The predicted octanol–water partition coefficient (Wildman–Crippen LogP) is 3.66. The van der Waals surface area contributed by atoms with E-state index in [1.165, 1.54) is 12.1 Å².